The van der Waals surface area contributed by atoms with E-state index in [1.165, 1.54) is 0 Å². The Morgan fingerprint density at radius 3 is 1.00 bits per heavy atom. The molecular weight excluding hydrogens is 618 g/mol. The molecular formula is C27H59N5O10S2. The van der Waals surface area contributed by atoms with Gasteiger partial charge < -0.3 is 54.2 Å². The van der Waals surface area contributed by atoms with Crippen molar-refractivity contribution < 1.29 is 49.5 Å². The molecule has 15 nitrogen and oxygen atoms in total. The van der Waals surface area contributed by atoms with E-state index in [4.69, 9.17) is 54.2 Å². The van der Waals surface area contributed by atoms with E-state index in [-0.39, 0.29) is 11.8 Å². The molecule has 6 unspecified atom stereocenters. The molecule has 0 aromatic carbocycles. The summed E-state index contributed by atoms with van der Waals surface area (Å²) in [5.41, 5.74) is 26.0. The van der Waals surface area contributed by atoms with Crippen LogP contribution in [0.2, 0.25) is 0 Å². The number of thioether (sulfide) groups is 2. The quantitative estimate of drug-likeness (QED) is 0.110. The molecule has 0 radical (unpaired) electrons. The smallest absolute Gasteiger partial charge is 0.320 e. The number of carboxylic acid groups (broad SMARTS) is 5. The van der Waals surface area contributed by atoms with Crippen molar-refractivity contribution in [3.63, 3.8) is 0 Å². The van der Waals surface area contributed by atoms with Crippen molar-refractivity contribution in [2.45, 2.75) is 97.4 Å². The summed E-state index contributed by atoms with van der Waals surface area (Å²) in [4.78, 5) is 50.4. The van der Waals surface area contributed by atoms with Crippen LogP contribution in [0.3, 0.4) is 0 Å². The van der Waals surface area contributed by atoms with Crippen molar-refractivity contribution in [3.05, 3.63) is 0 Å². The van der Waals surface area contributed by atoms with Gasteiger partial charge in [-0.1, -0.05) is 48.0 Å². The van der Waals surface area contributed by atoms with Gasteiger partial charge in [0.1, 0.15) is 30.2 Å². The molecule has 0 spiro atoms. The minimum atomic E-state index is -0.931. The van der Waals surface area contributed by atoms with Crippen molar-refractivity contribution in [3.8, 4) is 0 Å². The standard InChI is InChI=1S/2C6H13NO2.2C5H11NO2S.C5H11NO2/c1-4(2)3-5(7)6(8)9;1-3-4(2)5(7)6(8)9;2*1-9-3-2-4(6)5(7)8;1-3(2)4(6)5(7)8/h2*4-5H,3,7H2,1-2H3,(H,8,9);2*4H,2-3,6H2,1H3,(H,7,8);3-4H,6H2,1-2H3,(H,7,8). The minimum Gasteiger partial charge on any atom is -0.480 e. The second-order valence-corrected chi connectivity index (χ2v) is 12.4. The van der Waals surface area contributed by atoms with Gasteiger partial charge >= 0.3 is 29.8 Å². The van der Waals surface area contributed by atoms with Crippen LogP contribution >= 0.6 is 23.5 Å². The molecule has 264 valence electrons. The third kappa shape index (κ3) is 37.9. The average Bonchev–Trinajstić information content (AvgIpc) is 2.93. The second kappa shape index (κ2) is 32.2. The van der Waals surface area contributed by atoms with Gasteiger partial charge in [-0.15, -0.1) is 0 Å². The highest BCUT2D eigenvalue weighted by atomic mass is 32.2. The van der Waals surface area contributed by atoms with Crippen LogP contribution in [-0.4, -0.2) is 110 Å². The van der Waals surface area contributed by atoms with E-state index in [0.29, 0.717) is 25.2 Å². The fourth-order valence-electron chi connectivity index (χ4n) is 2.13. The summed E-state index contributed by atoms with van der Waals surface area (Å²) in [6, 6.07) is -3.47. The second-order valence-electron chi connectivity index (χ2n) is 10.4. The molecule has 0 aromatic rings. The molecule has 0 heterocycles. The van der Waals surface area contributed by atoms with Crippen LogP contribution in [0.1, 0.15) is 67.2 Å². The summed E-state index contributed by atoms with van der Waals surface area (Å²) in [5.74, 6) is -2.51. The minimum absolute atomic E-state index is 0.0208. The number of carboxylic acids is 5. The van der Waals surface area contributed by atoms with Crippen LogP contribution in [0, 0.1) is 17.8 Å². The van der Waals surface area contributed by atoms with Crippen molar-refractivity contribution in [1.29, 1.82) is 0 Å². The molecule has 0 aliphatic carbocycles. The average molecular weight is 678 g/mol. The third-order valence-electron chi connectivity index (χ3n) is 5.49. The maximum Gasteiger partial charge on any atom is 0.320 e. The molecule has 0 rings (SSSR count). The van der Waals surface area contributed by atoms with Crippen LogP contribution in [-0.2, 0) is 24.0 Å². The summed E-state index contributed by atoms with van der Waals surface area (Å²) in [6.45, 7) is 11.2. The van der Waals surface area contributed by atoms with Gasteiger partial charge in [-0.2, -0.15) is 23.5 Å². The van der Waals surface area contributed by atoms with Crippen molar-refractivity contribution in [2.24, 2.45) is 46.4 Å². The maximum atomic E-state index is 10.2. The fourth-order valence-corrected chi connectivity index (χ4v) is 3.11. The van der Waals surface area contributed by atoms with E-state index in [9.17, 15) is 24.0 Å². The molecule has 0 aliphatic rings. The van der Waals surface area contributed by atoms with E-state index in [1.54, 1.807) is 37.4 Å². The van der Waals surface area contributed by atoms with Gasteiger partial charge in [0.15, 0.2) is 0 Å². The topological polar surface area (TPSA) is 317 Å². The summed E-state index contributed by atoms with van der Waals surface area (Å²) in [6.07, 6.45) is 6.32. The third-order valence-corrected chi connectivity index (χ3v) is 6.78. The highest BCUT2D eigenvalue weighted by molar-refractivity contribution is 7.98. The molecule has 0 amide bonds. The highest BCUT2D eigenvalue weighted by Crippen LogP contribution is 2.04. The maximum absolute atomic E-state index is 10.2. The molecule has 17 heteroatoms. The number of carbonyl (C=O) groups is 5. The first-order valence-electron chi connectivity index (χ1n) is 13.9. The Morgan fingerprint density at radius 2 is 0.886 bits per heavy atom. The molecule has 15 N–H and O–H groups in total. The zero-order valence-electron chi connectivity index (χ0n) is 27.3. The van der Waals surface area contributed by atoms with Crippen LogP contribution in [0.15, 0.2) is 0 Å². The molecule has 0 bridgehead atoms. The van der Waals surface area contributed by atoms with Crippen LogP contribution < -0.4 is 28.7 Å². The van der Waals surface area contributed by atoms with Crippen LogP contribution in [0.5, 0.6) is 0 Å². The zero-order chi connectivity index (χ0) is 36.2. The van der Waals surface area contributed by atoms with Gasteiger partial charge in [0, 0.05) is 0 Å². The first-order chi connectivity index (χ1) is 20.0. The Hall–Kier alpha value is -2.15. The van der Waals surface area contributed by atoms with Crippen molar-refractivity contribution in [1.82, 2.24) is 0 Å². The van der Waals surface area contributed by atoms with E-state index in [0.717, 1.165) is 17.9 Å². The molecule has 0 aromatic heterocycles. The van der Waals surface area contributed by atoms with E-state index in [2.05, 4.69) is 0 Å². The van der Waals surface area contributed by atoms with Gasteiger partial charge in [-0.05, 0) is 61.0 Å². The van der Waals surface area contributed by atoms with Gasteiger partial charge in [-0.25, -0.2) is 0 Å². The van der Waals surface area contributed by atoms with Crippen LogP contribution in [0.25, 0.3) is 0 Å². The molecule has 0 fully saturated rings. The van der Waals surface area contributed by atoms with E-state index in [1.807, 2.05) is 40.2 Å². The lowest BCUT2D eigenvalue weighted by atomic mass is 10.0. The van der Waals surface area contributed by atoms with Gasteiger partial charge in [0.2, 0.25) is 0 Å². The first kappa shape index (κ1) is 51.4. The highest BCUT2D eigenvalue weighted by Gasteiger charge is 2.17. The molecule has 0 aliphatic heterocycles. The van der Waals surface area contributed by atoms with Gasteiger partial charge in [-0.3, -0.25) is 24.0 Å². The zero-order valence-corrected chi connectivity index (χ0v) is 29.0. The Kier molecular flexibility index (Phi) is 37.7. The lowest BCUT2D eigenvalue weighted by molar-refractivity contribution is -0.140. The fraction of sp³-hybridized carbons (Fsp3) is 0.815. The SMILES string of the molecule is CC(C)C(N)C(=O)O.CC(C)CC(N)C(=O)O.CCC(C)C(N)C(=O)O.CSCCC(N)C(=O)O.CSCCC(N)C(=O)O. The molecule has 0 saturated heterocycles. The lowest BCUT2D eigenvalue weighted by Gasteiger charge is -2.11. The Bertz CT molecular complexity index is 755. The largest absolute Gasteiger partial charge is 0.480 e. The van der Waals surface area contributed by atoms with Gasteiger partial charge in [0.25, 0.3) is 0 Å². The van der Waals surface area contributed by atoms with Crippen LogP contribution in [0.4, 0.5) is 0 Å². The molecule has 6 atom stereocenters. The lowest BCUT2D eigenvalue weighted by Crippen LogP contribution is -2.36. The Labute approximate surface area is 270 Å². The van der Waals surface area contributed by atoms with Gasteiger partial charge in [0.05, 0.1) is 0 Å². The summed E-state index contributed by atoms with van der Waals surface area (Å²) < 4.78 is 0. The normalized spacial score (nSPS) is 14.2. The number of aliphatic carboxylic acids is 5. The predicted molar refractivity (Wildman–Crippen MR) is 178 cm³/mol. The number of hydrogen-bond donors (Lipinski definition) is 10. The Balaban J connectivity index is -0.000000144. The number of rotatable bonds is 16. The summed E-state index contributed by atoms with van der Waals surface area (Å²) >= 11 is 3.21. The van der Waals surface area contributed by atoms with E-state index < -0.39 is 60.1 Å². The van der Waals surface area contributed by atoms with Crippen molar-refractivity contribution >= 4 is 53.4 Å². The monoisotopic (exact) mass is 677 g/mol. The summed E-state index contributed by atoms with van der Waals surface area (Å²) in [7, 11) is 0. The first-order valence-corrected chi connectivity index (χ1v) is 16.7. The van der Waals surface area contributed by atoms with Crippen molar-refractivity contribution in [2.75, 3.05) is 24.0 Å². The molecule has 0 saturated carbocycles. The number of nitrogens with two attached hydrogens (primary N) is 5. The van der Waals surface area contributed by atoms with E-state index >= 15 is 0 Å². The Morgan fingerprint density at radius 1 is 0.568 bits per heavy atom. The number of hydrogen-bond acceptors (Lipinski definition) is 12. The molecule has 44 heavy (non-hydrogen) atoms. The predicted octanol–water partition coefficient (Wildman–Crippen LogP) is 1.25. The summed E-state index contributed by atoms with van der Waals surface area (Å²) in [5, 5.41) is 41.4.